The lowest BCUT2D eigenvalue weighted by molar-refractivity contribution is 0.0956. The molecule has 0 saturated carbocycles. The van der Waals surface area contributed by atoms with Crippen LogP contribution in [0.3, 0.4) is 0 Å². The SMILES string of the molecule is O=C(NCCN1CCCS1(=O)=O)c1cc2ccccc2s1. The van der Waals surface area contributed by atoms with E-state index in [-0.39, 0.29) is 11.7 Å². The first-order valence-electron chi connectivity index (χ1n) is 6.81. The van der Waals surface area contributed by atoms with E-state index in [1.165, 1.54) is 15.6 Å². The van der Waals surface area contributed by atoms with Crippen molar-refractivity contribution in [3.63, 3.8) is 0 Å². The number of nitrogens with zero attached hydrogens (tertiary/aromatic N) is 1. The monoisotopic (exact) mass is 324 g/mol. The molecule has 1 fully saturated rings. The molecule has 21 heavy (non-hydrogen) atoms. The Kier molecular flexibility index (Phi) is 3.97. The highest BCUT2D eigenvalue weighted by Gasteiger charge is 2.27. The summed E-state index contributed by atoms with van der Waals surface area (Å²) in [5.74, 6) is 0.0739. The van der Waals surface area contributed by atoms with Gasteiger partial charge in [-0.2, -0.15) is 0 Å². The van der Waals surface area contributed by atoms with Gasteiger partial charge >= 0.3 is 0 Å². The molecule has 3 rings (SSSR count). The van der Waals surface area contributed by atoms with Gasteiger partial charge in [-0.25, -0.2) is 12.7 Å². The molecule has 1 aliphatic heterocycles. The Morgan fingerprint density at radius 3 is 2.86 bits per heavy atom. The molecule has 0 aliphatic carbocycles. The molecule has 2 aromatic rings. The van der Waals surface area contributed by atoms with Crippen molar-refractivity contribution in [2.24, 2.45) is 0 Å². The van der Waals surface area contributed by atoms with Gasteiger partial charge in [0, 0.05) is 24.3 Å². The van der Waals surface area contributed by atoms with Crippen molar-refractivity contribution in [2.75, 3.05) is 25.4 Å². The highest BCUT2D eigenvalue weighted by Crippen LogP contribution is 2.25. The van der Waals surface area contributed by atoms with Gasteiger partial charge in [0.15, 0.2) is 0 Å². The van der Waals surface area contributed by atoms with Crippen LogP contribution in [0.25, 0.3) is 10.1 Å². The third-order valence-corrected chi connectivity index (χ3v) is 6.57. The van der Waals surface area contributed by atoms with Crippen molar-refractivity contribution < 1.29 is 13.2 Å². The van der Waals surface area contributed by atoms with Crippen molar-refractivity contribution in [3.05, 3.63) is 35.2 Å². The van der Waals surface area contributed by atoms with Crippen LogP contribution in [0.1, 0.15) is 16.1 Å². The summed E-state index contributed by atoms with van der Waals surface area (Å²) in [6, 6.07) is 9.70. The van der Waals surface area contributed by atoms with Gasteiger partial charge in [-0.1, -0.05) is 18.2 Å². The largest absolute Gasteiger partial charge is 0.350 e. The van der Waals surface area contributed by atoms with E-state index in [9.17, 15) is 13.2 Å². The maximum atomic E-state index is 12.1. The Balaban J connectivity index is 1.59. The van der Waals surface area contributed by atoms with Crippen molar-refractivity contribution in [2.45, 2.75) is 6.42 Å². The predicted molar refractivity (Wildman–Crippen MR) is 84.1 cm³/mol. The number of rotatable bonds is 4. The van der Waals surface area contributed by atoms with Gasteiger partial charge in [0.1, 0.15) is 0 Å². The van der Waals surface area contributed by atoms with Crippen LogP contribution in [-0.2, 0) is 10.0 Å². The molecule has 1 aromatic heterocycles. The topological polar surface area (TPSA) is 66.5 Å². The fraction of sp³-hybridized carbons (Fsp3) is 0.357. The molecule has 1 N–H and O–H groups in total. The first-order valence-corrected chi connectivity index (χ1v) is 9.23. The zero-order valence-corrected chi connectivity index (χ0v) is 13.0. The lowest BCUT2D eigenvalue weighted by Gasteiger charge is -2.14. The first kappa shape index (κ1) is 14.5. The maximum absolute atomic E-state index is 12.1. The normalized spacial score (nSPS) is 18.1. The number of carbonyl (C=O) groups excluding carboxylic acids is 1. The first-order chi connectivity index (χ1) is 10.1. The summed E-state index contributed by atoms with van der Waals surface area (Å²) >= 11 is 1.44. The third-order valence-electron chi connectivity index (χ3n) is 3.50. The van der Waals surface area contributed by atoms with E-state index in [1.807, 2.05) is 30.3 Å². The molecule has 5 nitrogen and oxygen atoms in total. The van der Waals surface area contributed by atoms with Crippen LogP contribution in [0.5, 0.6) is 0 Å². The number of sulfonamides is 1. The quantitative estimate of drug-likeness (QED) is 0.930. The van der Waals surface area contributed by atoms with Crippen molar-refractivity contribution in [1.29, 1.82) is 0 Å². The van der Waals surface area contributed by atoms with E-state index in [0.717, 1.165) is 10.1 Å². The Bertz CT molecular complexity index is 734. The van der Waals surface area contributed by atoms with Gasteiger partial charge in [0.2, 0.25) is 10.0 Å². The summed E-state index contributed by atoms with van der Waals surface area (Å²) in [6.07, 6.45) is 0.673. The number of hydrogen-bond donors (Lipinski definition) is 1. The van der Waals surface area contributed by atoms with Crippen LogP contribution < -0.4 is 5.32 Å². The van der Waals surface area contributed by atoms with Crippen molar-refractivity contribution in [3.8, 4) is 0 Å². The van der Waals surface area contributed by atoms with Crippen LogP contribution in [0.2, 0.25) is 0 Å². The molecule has 1 aliphatic rings. The summed E-state index contributed by atoms with van der Waals surface area (Å²) in [7, 11) is -3.09. The van der Waals surface area contributed by atoms with Gasteiger partial charge in [-0.3, -0.25) is 4.79 Å². The molecule has 1 aromatic carbocycles. The maximum Gasteiger partial charge on any atom is 0.261 e. The van der Waals surface area contributed by atoms with E-state index in [2.05, 4.69) is 5.32 Å². The molecule has 112 valence electrons. The fourth-order valence-electron chi connectivity index (χ4n) is 2.42. The number of thiophene rings is 1. The minimum atomic E-state index is -3.09. The van der Waals surface area contributed by atoms with Gasteiger partial charge in [-0.05, 0) is 23.9 Å². The van der Waals surface area contributed by atoms with Crippen LogP contribution in [0.15, 0.2) is 30.3 Å². The summed E-state index contributed by atoms with van der Waals surface area (Å²) in [5.41, 5.74) is 0. The van der Waals surface area contributed by atoms with E-state index < -0.39 is 10.0 Å². The highest BCUT2D eigenvalue weighted by molar-refractivity contribution is 7.89. The Morgan fingerprint density at radius 1 is 1.33 bits per heavy atom. The molecule has 0 radical (unpaired) electrons. The molecule has 0 spiro atoms. The van der Waals surface area contributed by atoms with E-state index in [4.69, 9.17) is 0 Å². The van der Waals surface area contributed by atoms with Crippen LogP contribution in [0.4, 0.5) is 0 Å². The Labute approximate surface area is 127 Å². The molecule has 1 saturated heterocycles. The minimum absolute atomic E-state index is 0.146. The van der Waals surface area contributed by atoms with Crippen molar-refractivity contribution >= 4 is 37.4 Å². The summed E-state index contributed by atoms with van der Waals surface area (Å²) < 4.78 is 25.8. The van der Waals surface area contributed by atoms with Gasteiger partial charge in [0.25, 0.3) is 5.91 Å². The molecule has 0 bridgehead atoms. The summed E-state index contributed by atoms with van der Waals surface area (Å²) in [5, 5.41) is 3.84. The number of hydrogen-bond acceptors (Lipinski definition) is 4. The smallest absolute Gasteiger partial charge is 0.261 e. The molecule has 1 amide bonds. The lowest BCUT2D eigenvalue weighted by atomic mass is 10.2. The molecule has 7 heteroatoms. The highest BCUT2D eigenvalue weighted by atomic mass is 32.2. The van der Waals surface area contributed by atoms with E-state index in [1.54, 1.807) is 0 Å². The van der Waals surface area contributed by atoms with Crippen LogP contribution in [-0.4, -0.2) is 44.0 Å². The average Bonchev–Trinajstić information content (AvgIpc) is 3.02. The Morgan fingerprint density at radius 2 is 2.14 bits per heavy atom. The molecular formula is C14H16N2O3S2. The fourth-order valence-corrected chi connectivity index (χ4v) is 4.93. The predicted octanol–water partition coefficient (Wildman–Crippen LogP) is 1.67. The minimum Gasteiger partial charge on any atom is -0.350 e. The molecule has 2 heterocycles. The van der Waals surface area contributed by atoms with Gasteiger partial charge in [0.05, 0.1) is 10.6 Å². The third kappa shape index (κ3) is 3.09. The lowest BCUT2D eigenvalue weighted by Crippen LogP contribution is -2.35. The summed E-state index contributed by atoms with van der Waals surface area (Å²) in [6.45, 7) is 1.24. The standard InChI is InChI=1S/C14H16N2O3S2/c17-14(13-10-11-4-1-2-5-12(11)20-13)15-6-8-16-7-3-9-21(16,18)19/h1-2,4-5,10H,3,6-9H2,(H,15,17). The number of amides is 1. The average molecular weight is 324 g/mol. The second kappa shape index (κ2) is 5.75. The second-order valence-corrected chi connectivity index (χ2v) is 8.15. The van der Waals surface area contributed by atoms with E-state index >= 15 is 0 Å². The number of nitrogens with one attached hydrogen (secondary N) is 1. The number of benzene rings is 1. The Hall–Kier alpha value is -1.44. The zero-order chi connectivity index (χ0) is 14.9. The molecule has 0 unspecified atom stereocenters. The zero-order valence-electron chi connectivity index (χ0n) is 11.4. The molecule has 0 atom stereocenters. The van der Waals surface area contributed by atoms with Gasteiger partial charge < -0.3 is 5.32 Å². The van der Waals surface area contributed by atoms with E-state index in [0.29, 0.717) is 30.9 Å². The number of fused-ring (bicyclic) bond motifs is 1. The summed E-state index contributed by atoms with van der Waals surface area (Å²) in [4.78, 5) is 12.7. The van der Waals surface area contributed by atoms with Crippen molar-refractivity contribution in [1.82, 2.24) is 9.62 Å². The second-order valence-electron chi connectivity index (χ2n) is 4.97. The van der Waals surface area contributed by atoms with Crippen LogP contribution >= 0.6 is 11.3 Å². The number of carbonyl (C=O) groups is 1. The van der Waals surface area contributed by atoms with Crippen LogP contribution in [0, 0.1) is 0 Å². The van der Waals surface area contributed by atoms with Gasteiger partial charge in [-0.15, -0.1) is 11.3 Å². The molecular weight excluding hydrogens is 308 g/mol.